The molecule has 0 saturated heterocycles. The molecule has 0 radical (unpaired) electrons. The van der Waals surface area contributed by atoms with Crippen molar-refractivity contribution in [2.75, 3.05) is 0 Å². The van der Waals surface area contributed by atoms with Crippen LogP contribution < -0.4 is 0 Å². The van der Waals surface area contributed by atoms with E-state index in [4.69, 9.17) is 11.6 Å². The Morgan fingerprint density at radius 1 is 0.833 bits per heavy atom. The predicted molar refractivity (Wildman–Crippen MR) is 49.1 cm³/mol. The third kappa shape index (κ3) is 5.51. The van der Waals surface area contributed by atoms with Crippen LogP contribution in [0.4, 0.5) is 0 Å². The largest absolute Gasteiger partial charge is 0.748 e. The van der Waals surface area contributed by atoms with Crippen LogP contribution in [0.3, 0.4) is 0 Å². The van der Waals surface area contributed by atoms with E-state index < -0.39 is 0 Å². The van der Waals surface area contributed by atoms with Gasteiger partial charge in [0.2, 0.25) is 0 Å². The van der Waals surface area contributed by atoms with Gasteiger partial charge in [-0.1, -0.05) is 5.02 Å². The first-order chi connectivity index (χ1) is 5.39. The minimum Gasteiger partial charge on any atom is -0.748 e. The van der Waals surface area contributed by atoms with Crippen LogP contribution in [0.2, 0.25) is 5.02 Å². The van der Waals surface area contributed by atoms with Gasteiger partial charge in [0.25, 0.3) is 0 Å². The predicted octanol–water partition coefficient (Wildman–Crippen LogP) is 3.46. The molecule has 0 unspecified atom stereocenters. The second-order valence-corrected chi connectivity index (χ2v) is 2.50. The van der Waals surface area contributed by atoms with Crippen LogP contribution in [-0.4, -0.2) is 0 Å². The molecule has 0 aliphatic carbocycles. The molecular formula is C10H9ClZr-6. The van der Waals surface area contributed by atoms with E-state index in [2.05, 4.69) is 0 Å². The first-order valence-corrected chi connectivity index (χ1v) is 3.81. The Morgan fingerprint density at radius 2 is 1.17 bits per heavy atom. The number of hydrogen-bond acceptors (Lipinski definition) is 0. The van der Waals surface area contributed by atoms with Gasteiger partial charge in [0, 0.05) is 26.2 Å². The summed E-state index contributed by atoms with van der Waals surface area (Å²) in [5.41, 5.74) is 0. The van der Waals surface area contributed by atoms with Crippen molar-refractivity contribution in [3.05, 3.63) is 59.6 Å². The van der Waals surface area contributed by atoms with Crippen LogP contribution in [0.25, 0.3) is 0 Å². The average molecular weight is 256 g/mol. The minimum atomic E-state index is 0. The van der Waals surface area contributed by atoms with E-state index in [-0.39, 0.29) is 26.2 Å². The van der Waals surface area contributed by atoms with E-state index in [9.17, 15) is 0 Å². The molecule has 0 amide bonds. The maximum atomic E-state index is 5.46. The Labute approximate surface area is 97.0 Å². The van der Waals surface area contributed by atoms with Gasteiger partial charge in [-0.2, -0.15) is 23.7 Å². The van der Waals surface area contributed by atoms with E-state index in [1.54, 1.807) is 0 Å². The Balaban J connectivity index is 0.000000189. The number of hydrogen-bond donors (Lipinski definition) is 0. The van der Waals surface area contributed by atoms with E-state index in [0.717, 1.165) is 5.02 Å². The van der Waals surface area contributed by atoms with E-state index >= 15 is 0 Å². The summed E-state index contributed by atoms with van der Waals surface area (Å²) in [6.07, 6.45) is 0. The van der Waals surface area contributed by atoms with Crippen molar-refractivity contribution >= 4 is 11.6 Å². The Morgan fingerprint density at radius 3 is 1.33 bits per heavy atom. The quantitative estimate of drug-likeness (QED) is 0.633. The van der Waals surface area contributed by atoms with Crippen LogP contribution in [0.5, 0.6) is 0 Å². The van der Waals surface area contributed by atoms with E-state index in [0.29, 0.717) is 0 Å². The zero-order chi connectivity index (χ0) is 7.94. The fourth-order valence-corrected chi connectivity index (χ4v) is 0.817. The van der Waals surface area contributed by atoms with Crippen LogP contribution in [0.1, 0.15) is 0 Å². The molecule has 0 heterocycles. The van der Waals surface area contributed by atoms with Crippen molar-refractivity contribution in [2.24, 2.45) is 0 Å². The molecule has 0 bridgehead atoms. The molecule has 66 valence electrons. The third-order valence-corrected chi connectivity index (χ3v) is 1.43. The summed E-state index contributed by atoms with van der Waals surface area (Å²) in [4.78, 5) is 0. The monoisotopic (exact) mass is 254 g/mol. The molecule has 2 aromatic carbocycles. The Bertz CT molecular complexity index is 228. The summed E-state index contributed by atoms with van der Waals surface area (Å²) in [5.74, 6) is 0. The molecule has 0 nitrogen and oxygen atoms in total. The fraction of sp³-hybridized carbons (Fsp3) is 0. The zero-order valence-electron chi connectivity index (χ0n) is 6.57. The molecule has 2 aromatic rings. The van der Waals surface area contributed by atoms with E-state index in [1.807, 2.05) is 54.6 Å². The number of rotatable bonds is 0. The molecule has 0 saturated carbocycles. The molecule has 0 fully saturated rings. The van der Waals surface area contributed by atoms with Crippen LogP contribution in [0, 0.1) is 0 Å². The van der Waals surface area contributed by atoms with Crippen molar-refractivity contribution < 1.29 is 26.2 Å². The summed E-state index contributed by atoms with van der Waals surface area (Å²) in [6, 6.07) is 17.5. The molecule has 0 aliphatic heterocycles. The molecule has 0 atom stereocenters. The topological polar surface area (TPSA) is 0 Å². The van der Waals surface area contributed by atoms with Crippen LogP contribution in [-0.2, 0) is 26.2 Å². The van der Waals surface area contributed by atoms with Gasteiger partial charge in [0.05, 0.1) is 0 Å². The molecule has 2 rings (SSSR count). The third-order valence-electron chi connectivity index (χ3n) is 1.18. The minimum absolute atomic E-state index is 0. The Hall–Kier alpha value is -0.127. The summed E-state index contributed by atoms with van der Waals surface area (Å²) in [5, 5.41) is 0.815. The first kappa shape index (κ1) is 11.9. The molecule has 0 aliphatic rings. The first-order valence-electron chi connectivity index (χ1n) is 3.43. The maximum Gasteiger partial charge on any atom is 0 e. The van der Waals surface area contributed by atoms with Gasteiger partial charge in [0.15, 0.2) is 0 Å². The molecule has 0 spiro atoms. The molecule has 2 heteroatoms. The van der Waals surface area contributed by atoms with Gasteiger partial charge in [0.1, 0.15) is 0 Å². The van der Waals surface area contributed by atoms with Gasteiger partial charge in [-0.15, -0.1) is 0 Å². The standard InChI is InChI=1S/C5H4Cl.C5H5.Zr/c6-5-3-1-2-4-5;1-2-4-5-3-1;/h1-4H;1-5H;/q-1;-5;. The fourth-order valence-electron chi connectivity index (χ4n) is 0.671. The SMILES string of the molecule is Cl[c-]1cccc1.[Zr].[cH-]1[cH-][cH-][cH-][cH-]1. The normalized spacial score (nSPS) is 7.75. The van der Waals surface area contributed by atoms with Crippen LogP contribution >= 0.6 is 11.6 Å². The summed E-state index contributed by atoms with van der Waals surface area (Å²) >= 11 is 5.46. The second-order valence-electron chi connectivity index (χ2n) is 2.07. The van der Waals surface area contributed by atoms with Gasteiger partial charge < -0.3 is 30.3 Å². The second kappa shape index (κ2) is 7.52. The summed E-state index contributed by atoms with van der Waals surface area (Å²) in [6.45, 7) is 0. The molecule has 12 heavy (non-hydrogen) atoms. The molecule has 0 N–H and O–H groups in total. The average Bonchev–Trinajstić information content (AvgIpc) is 2.57. The van der Waals surface area contributed by atoms with Gasteiger partial charge >= 0.3 is 0 Å². The molecular weight excluding hydrogens is 247 g/mol. The van der Waals surface area contributed by atoms with Crippen molar-refractivity contribution in [2.45, 2.75) is 0 Å². The van der Waals surface area contributed by atoms with Crippen molar-refractivity contribution in [1.82, 2.24) is 0 Å². The van der Waals surface area contributed by atoms with Crippen molar-refractivity contribution in [1.29, 1.82) is 0 Å². The van der Waals surface area contributed by atoms with Gasteiger partial charge in [-0.25, -0.2) is 12.1 Å². The summed E-state index contributed by atoms with van der Waals surface area (Å²) < 4.78 is 0. The smallest absolute Gasteiger partial charge is 0 e. The van der Waals surface area contributed by atoms with Crippen molar-refractivity contribution in [3.8, 4) is 0 Å². The maximum absolute atomic E-state index is 5.46. The van der Waals surface area contributed by atoms with Crippen LogP contribution in [0.15, 0.2) is 54.6 Å². The van der Waals surface area contributed by atoms with E-state index in [1.165, 1.54) is 0 Å². The summed E-state index contributed by atoms with van der Waals surface area (Å²) in [7, 11) is 0. The Kier molecular flexibility index (Phi) is 7.44. The number of halogens is 1. The van der Waals surface area contributed by atoms with Gasteiger partial charge in [-0.3, -0.25) is 0 Å². The van der Waals surface area contributed by atoms with Gasteiger partial charge in [-0.05, 0) is 0 Å². The zero-order valence-corrected chi connectivity index (χ0v) is 9.79. The van der Waals surface area contributed by atoms with Crippen molar-refractivity contribution in [3.63, 3.8) is 0 Å². The molecule has 0 aromatic heterocycles.